The van der Waals surface area contributed by atoms with Gasteiger partial charge in [-0.2, -0.15) is 0 Å². The van der Waals surface area contributed by atoms with E-state index >= 15 is 0 Å². The number of para-hydroxylation sites is 1. The van der Waals surface area contributed by atoms with Crippen LogP contribution < -0.4 is 4.74 Å². The van der Waals surface area contributed by atoms with Crippen LogP contribution in [0.2, 0.25) is 5.02 Å². The predicted octanol–water partition coefficient (Wildman–Crippen LogP) is 3.97. The van der Waals surface area contributed by atoms with E-state index in [2.05, 4.69) is 0 Å². The second-order valence-electron chi connectivity index (χ2n) is 7.04. The molecule has 0 atom stereocenters. The molecule has 1 aromatic heterocycles. The fourth-order valence-corrected chi connectivity index (χ4v) is 3.89. The zero-order chi connectivity index (χ0) is 19.5. The third kappa shape index (κ3) is 3.86. The molecule has 2 heterocycles. The Bertz CT molecular complexity index is 960. The van der Waals surface area contributed by atoms with Crippen molar-refractivity contribution in [1.82, 2.24) is 9.47 Å². The number of piperidine rings is 1. The topological polar surface area (TPSA) is 54.7 Å². The summed E-state index contributed by atoms with van der Waals surface area (Å²) in [5.41, 5.74) is 1.67. The number of aliphatic hydroxyl groups excluding tert-OH is 1. The molecule has 0 radical (unpaired) electrons. The van der Waals surface area contributed by atoms with Crippen LogP contribution in [0.15, 0.2) is 54.7 Å². The number of aromatic nitrogens is 1. The smallest absolute Gasteiger partial charge is 0.256 e. The molecule has 0 unspecified atom stereocenters. The van der Waals surface area contributed by atoms with Crippen LogP contribution in [0.25, 0.3) is 10.9 Å². The van der Waals surface area contributed by atoms with Crippen LogP contribution in [0.4, 0.5) is 0 Å². The first-order valence-electron chi connectivity index (χ1n) is 9.56. The summed E-state index contributed by atoms with van der Waals surface area (Å²) >= 11 is 5.91. The molecule has 0 bridgehead atoms. The first-order chi connectivity index (χ1) is 13.7. The van der Waals surface area contributed by atoms with E-state index in [-0.39, 0.29) is 18.6 Å². The molecular formula is C22H23ClN2O3. The van der Waals surface area contributed by atoms with E-state index in [0.29, 0.717) is 30.2 Å². The first-order valence-corrected chi connectivity index (χ1v) is 9.94. The van der Waals surface area contributed by atoms with Gasteiger partial charge in [-0.1, -0.05) is 29.8 Å². The summed E-state index contributed by atoms with van der Waals surface area (Å²) in [5, 5.41) is 10.9. The Labute approximate surface area is 169 Å². The fraction of sp³-hybridized carbons (Fsp3) is 0.318. The molecule has 4 rings (SSSR count). The maximum absolute atomic E-state index is 13.1. The molecule has 5 nitrogen and oxygen atoms in total. The number of amides is 1. The number of halogens is 1. The number of carbonyl (C=O) groups excluding carboxylic acids is 1. The highest BCUT2D eigenvalue weighted by molar-refractivity contribution is 6.30. The number of benzene rings is 2. The Hall–Kier alpha value is -2.50. The van der Waals surface area contributed by atoms with Crippen LogP contribution in [0.3, 0.4) is 0 Å². The lowest BCUT2D eigenvalue weighted by molar-refractivity contribution is 0.0597. The van der Waals surface area contributed by atoms with Gasteiger partial charge in [-0.05, 0) is 30.3 Å². The van der Waals surface area contributed by atoms with Crippen molar-refractivity contribution in [3.05, 3.63) is 65.3 Å². The summed E-state index contributed by atoms with van der Waals surface area (Å²) in [6.07, 6.45) is 3.55. The maximum Gasteiger partial charge on any atom is 0.256 e. The van der Waals surface area contributed by atoms with Gasteiger partial charge >= 0.3 is 0 Å². The summed E-state index contributed by atoms with van der Waals surface area (Å²) in [4.78, 5) is 15.0. The van der Waals surface area contributed by atoms with E-state index < -0.39 is 0 Å². The van der Waals surface area contributed by atoms with Gasteiger partial charge in [-0.25, -0.2) is 0 Å². The normalized spacial score (nSPS) is 15.1. The second-order valence-corrected chi connectivity index (χ2v) is 7.48. The standard InChI is InChI=1S/C22H23ClN2O3/c23-16-5-7-17(8-6-16)28-18-9-11-24(12-10-18)22(27)20-15-25(13-14-26)21-4-2-1-3-19(20)21/h1-8,15,18,26H,9-14H2. The van der Waals surface area contributed by atoms with Crippen LogP contribution >= 0.6 is 11.6 Å². The van der Waals surface area contributed by atoms with Crippen LogP contribution in [0.1, 0.15) is 23.2 Å². The number of hydrogen-bond donors (Lipinski definition) is 1. The van der Waals surface area contributed by atoms with Gasteiger partial charge in [0.15, 0.2) is 0 Å². The molecule has 28 heavy (non-hydrogen) atoms. The van der Waals surface area contributed by atoms with Crippen molar-refractivity contribution in [3.8, 4) is 5.75 Å². The summed E-state index contributed by atoms with van der Waals surface area (Å²) in [5.74, 6) is 0.846. The van der Waals surface area contributed by atoms with Gasteiger partial charge in [0.1, 0.15) is 11.9 Å². The van der Waals surface area contributed by atoms with E-state index in [0.717, 1.165) is 29.5 Å². The largest absolute Gasteiger partial charge is 0.490 e. The van der Waals surface area contributed by atoms with Gasteiger partial charge in [0.25, 0.3) is 5.91 Å². The Balaban J connectivity index is 1.44. The third-order valence-corrected chi connectivity index (χ3v) is 5.46. The maximum atomic E-state index is 13.1. The van der Waals surface area contributed by atoms with Gasteiger partial charge < -0.3 is 19.3 Å². The molecular weight excluding hydrogens is 376 g/mol. The van der Waals surface area contributed by atoms with Gasteiger partial charge in [-0.15, -0.1) is 0 Å². The van der Waals surface area contributed by atoms with Crippen LogP contribution in [0.5, 0.6) is 5.75 Å². The van der Waals surface area contributed by atoms with Crippen LogP contribution in [0, 0.1) is 0 Å². The third-order valence-electron chi connectivity index (χ3n) is 5.21. The van der Waals surface area contributed by atoms with Crippen molar-refractivity contribution < 1.29 is 14.6 Å². The monoisotopic (exact) mass is 398 g/mol. The lowest BCUT2D eigenvalue weighted by atomic mass is 10.1. The molecule has 146 valence electrons. The SMILES string of the molecule is O=C(c1cn(CCO)c2ccccc12)N1CCC(Oc2ccc(Cl)cc2)CC1. The highest BCUT2D eigenvalue weighted by Gasteiger charge is 2.26. The molecule has 1 aliphatic heterocycles. The Kier molecular flexibility index (Phi) is 5.55. The minimum atomic E-state index is 0.0397. The summed E-state index contributed by atoms with van der Waals surface area (Å²) in [6, 6.07) is 15.2. The number of rotatable bonds is 5. The number of nitrogens with zero attached hydrogens (tertiary/aromatic N) is 2. The molecule has 0 saturated carbocycles. The van der Waals surface area contributed by atoms with Crippen molar-refractivity contribution in [3.63, 3.8) is 0 Å². The molecule has 0 aliphatic carbocycles. The Morgan fingerprint density at radius 1 is 1.11 bits per heavy atom. The molecule has 0 spiro atoms. The number of aliphatic hydroxyl groups is 1. The summed E-state index contributed by atoms with van der Waals surface area (Å²) in [7, 11) is 0. The van der Waals surface area contributed by atoms with Crippen LogP contribution in [-0.4, -0.2) is 46.3 Å². The zero-order valence-electron chi connectivity index (χ0n) is 15.6. The van der Waals surface area contributed by atoms with Crippen molar-refractivity contribution in [2.24, 2.45) is 0 Å². The Morgan fingerprint density at radius 3 is 2.54 bits per heavy atom. The molecule has 1 saturated heterocycles. The predicted molar refractivity (Wildman–Crippen MR) is 110 cm³/mol. The van der Waals surface area contributed by atoms with Gasteiger partial charge in [-0.3, -0.25) is 4.79 Å². The fourth-order valence-electron chi connectivity index (χ4n) is 3.76. The first kappa shape index (κ1) is 18.8. The average Bonchev–Trinajstić information content (AvgIpc) is 3.09. The van der Waals surface area contributed by atoms with Crippen molar-refractivity contribution in [2.75, 3.05) is 19.7 Å². The van der Waals surface area contributed by atoms with E-state index in [1.54, 1.807) is 0 Å². The van der Waals surface area contributed by atoms with Gasteiger partial charge in [0.2, 0.25) is 0 Å². The van der Waals surface area contributed by atoms with Crippen molar-refractivity contribution >= 4 is 28.4 Å². The number of fused-ring (bicyclic) bond motifs is 1. The number of carbonyl (C=O) groups is 1. The quantitative estimate of drug-likeness (QED) is 0.707. The molecule has 1 amide bonds. The lowest BCUT2D eigenvalue weighted by Gasteiger charge is -2.32. The van der Waals surface area contributed by atoms with Crippen molar-refractivity contribution in [1.29, 1.82) is 0 Å². The molecule has 1 fully saturated rings. The van der Waals surface area contributed by atoms with E-state index in [9.17, 15) is 9.90 Å². The zero-order valence-corrected chi connectivity index (χ0v) is 16.3. The minimum absolute atomic E-state index is 0.0397. The highest BCUT2D eigenvalue weighted by atomic mass is 35.5. The minimum Gasteiger partial charge on any atom is -0.490 e. The molecule has 3 aromatic rings. The van der Waals surface area contributed by atoms with Crippen molar-refractivity contribution in [2.45, 2.75) is 25.5 Å². The van der Waals surface area contributed by atoms with Gasteiger partial charge in [0.05, 0.1) is 12.2 Å². The average molecular weight is 399 g/mol. The molecule has 6 heteroatoms. The lowest BCUT2D eigenvalue weighted by Crippen LogP contribution is -2.41. The van der Waals surface area contributed by atoms with E-state index in [4.69, 9.17) is 16.3 Å². The van der Waals surface area contributed by atoms with Crippen LogP contribution in [-0.2, 0) is 6.54 Å². The number of ether oxygens (including phenoxy) is 1. The van der Waals surface area contributed by atoms with Gasteiger partial charge in [0, 0.05) is 54.6 Å². The second kappa shape index (κ2) is 8.25. The number of hydrogen-bond acceptors (Lipinski definition) is 3. The number of likely N-dealkylation sites (tertiary alicyclic amines) is 1. The van der Waals surface area contributed by atoms with E-state index in [1.807, 2.05) is 64.2 Å². The Morgan fingerprint density at radius 2 is 1.82 bits per heavy atom. The summed E-state index contributed by atoms with van der Waals surface area (Å²) in [6.45, 7) is 1.84. The highest BCUT2D eigenvalue weighted by Crippen LogP contribution is 2.25. The van der Waals surface area contributed by atoms with E-state index in [1.165, 1.54) is 0 Å². The summed E-state index contributed by atoms with van der Waals surface area (Å²) < 4.78 is 7.97. The molecule has 1 aliphatic rings. The molecule has 1 N–H and O–H groups in total. The molecule has 2 aromatic carbocycles.